The summed E-state index contributed by atoms with van der Waals surface area (Å²) in [5.74, 6) is -0.0568. The van der Waals surface area contributed by atoms with Gasteiger partial charge in [0, 0.05) is 18.7 Å². The van der Waals surface area contributed by atoms with E-state index in [0.29, 0.717) is 12.2 Å². The van der Waals surface area contributed by atoms with Gasteiger partial charge in [-0.25, -0.2) is 8.42 Å². The Morgan fingerprint density at radius 3 is 2.16 bits per heavy atom. The number of aryl methyl sites for hydroxylation is 1. The van der Waals surface area contributed by atoms with Gasteiger partial charge in [0.15, 0.2) is 0 Å². The third kappa shape index (κ3) is 8.11. The number of carbonyl (C=O) groups excluding carboxylic acids is 2. The minimum atomic E-state index is -3.89. The SMILES string of the molecule is CCC(C)NC(=O)C(CC)N(Cc1ccc(C)cc1)C(=O)CN(c1ccc(OC)cc1OC)S(C)(=O)=O. The lowest BCUT2D eigenvalue weighted by molar-refractivity contribution is -0.140. The van der Waals surface area contributed by atoms with Crippen LogP contribution in [0, 0.1) is 6.92 Å². The number of sulfonamides is 1. The zero-order valence-electron chi connectivity index (χ0n) is 22.8. The Hall–Kier alpha value is -3.27. The summed E-state index contributed by atoms with van der Waals surface area (Å²) in [5.41, 5.74) is 2.10. The van der Waals surface area contributed by atoms with Gasteiger partial charge in [-0.15, -0.1) is 0 Å². The molecule has 2 atom stereocenters. The molecule has 37 heavy (non-hydrogen) atoms. The maximum atomic E-state index is 13.8. The quantitative estimate of drug-likeness (QED) is 0.423. The second-order valence-electron chi connectivity index (χ2n) is 9.06. The number of ether oxygens (including phenoxy) is 2. The number of hydrogen-bond acceptors (Lipinski definition) is 6. The molecule has 0 heterocycles. The van der Waals surface area contributed by atoms with Gasteiger partial charge in [-0.05, 0) is 44.4 Å². The molecule has 10 heteroatoms. The number of nitrogens with one attached hydrogen (secondary N) is 1. The summed E-state index contributed by atoms with van der Waals surface area (Å²) in [7, 11) is -0.984. The second-order valence-corrected chi connectivity index (χ2v) is 11.0. The molecule has 2 rings (SSSR count). The minimum absolute atomic E-state index is 0.0612. The predicted molar refractivity (Wildman–Crippen MR) is 145 cm³/mol. The Labute approximate surface area is 220 Å². The average molecular weight is 534 g/mol. The standard InChI is InChI=1S/C27H39N3O6S/c1-8-20(4)28-27(32)23(9-2)29(17-21-12-10-19(3)11-13-21)26(31)18-30(37(7,33)34)24-15-14-22(35-5)16-25(24)36-6/h10-16,20,23H,8-9,17-18H2,1-7H3,(H,28,32). The van der Waals surface area contributed by atoms with Crippen molar-refractivity contribution in [2.45, 2.75) is 59.2 Å². The molecule has 0 saturated heterocycles. The van der Waals surface area contributed by atoms with Gasteiger partial charge in [-0.3, -0.25) is 13.9 Å². The minimum Gasteiger partial charge on any atom is -0.497 e. The van der Waals surface area contributed by atoms with E-state index in [2.05, 4.69) is 5.32 Å². The maximum Gasteiger partial charge on any atom is 0.244 e. The highest BCUT2D eigenvalue weighted by molar-refractivity contribution is 7.92. The van der Waals surface area contributed by atoms with Crippen LogP contribution in [0.4, 0.5) is 5.69 Å². The van der Waals surface area contributed by atoms with Gasteiger partial charge in [0.2, 0.25) is 21.8 Å². The summed E-state index contributed by atoms with van der Waals surface area (Å²) in [4.78, 5) is 28.4. The summed E-state index contributed by atoms with van der Waals surface area (Å²) < 4.78 is 37.3. The Kier molecular flexibility index (Phi) is 10.8. The molecule has 1 N–H and O–H groups in total. The number of rotatable bonds is 13. The molecule has 0 saturated carbocycles. The first kappa shape index (κ1) is 30.0. The van der Waals surface area contributed by atoms with Crippen LogP contribution in [0.2, 0.25) is 0 Å². The highest BCUT2D eigenvalue weighted by Gasteiger charge is 2.33. The van der Waals surface area contributed by atoms with E-state index in [1.807, 2.05) is 52.0 Å². The van der Waals surface area contributed by atoms with Crippen LogP contribution in [0.5, 0.6) is 11.5 Å². The summed E-state index contributed by atoms with van der Waals surface area (Å²) >= 11 is 0. The zero-order chi connectivity index (χ0) is 27.8. The number of amides is 2. The van der Waals surface area contributed by atoms with Gasteiger partial charge in [-0.1, -0.05) is 43.7 Å². The molecule has 0 fully saturated rings. The van der Waals surface area contributed by atoms with Crippen molar-refractivity contribution in [1.29, 1.82) is 0 Å². The van der Waals surface area contributed by atoms with Crippen molar-refractivity contribution in [3.05, 3.63) is 53.6 Å². The third-order valence-corrected chi connectivity index (χ3v) is 7.32. The molecule has 2 aromatic carbocycles. The topological polar surface area (TPSA) is 105 Å². The molecule has 0 bridgehead atoms. The first-order chi connectivity index (χ1) is 17.4. The van der Waals surface area contributed by atoms with Crippen molar-refractivity contribution in [2.24, 2.45) is 0 Å². The molecule has 2 aromatic rings. The van der Waals surface area contributed by atoms with Crippen LogP contribution in [0.25, 0.3) is 0 Å². The van der Waals surface area contributed by atoms with E-state index in [1.54, 1.807) is 12.1 Å². The second kappa shape index (κ2) is 13.3. The molecule has 204 valence electrons. The van der Waals surface area contributed by atoms with Gasteiger partial charge in [0.05, 0.1) is 26.2 Å². The molecule has 9 nitrogen and oxygen atoms in total. The van der Waals surface area contributed by atoms with Crippen LogP contribution < -0.4 is 19.1 Å². The van der Waals surface area contributed by atoms with Gasteiger partial charge in [-0.2, -0.15) is 0 Å². The van der Waals surface area contributed by atoms with Gasteiger partial charge in [0.1, 0.15) is 24.1 Å². The fraction of sp³-hybridized carbons (Fsp3) is 0.481. The molecule has 0 aliphatic carbocycles. The van der Waals surface area contributed by atoms with Crippen LogP contribution >= 0.6 is 0 Å². The van der Waals surface area contributed by atoms with Crippen molar-refractivity contribution in [1.82, 2.24) is 10.2 Å². The molecule has 0 aromatic heterocycles. The summed E-state index contributed by atoms with van der Waals surface area (Å²) in [5, 5.41) is 2.96. The van der Waals surface area contributed by atoms with Crippen molar-refractivity contribution >= 4 is 27.5 Å². The molecule has 0 radical (unpaired) electrons. The van der Waals surface area contributed by atoms with E-state index in [1.165, 1.54) is 25.2 Å². The summed E-state index contributed by atoms with van der Waals surface area (Å²) in [6.45, 7) is 7.32. The monoisotopic (exact) mass is 533 g/mol. The smallest absolute Gasteiger partial charge is 0.244 e. The Balaban J connectivity index is 2.50. The van der Waals surface area contributed by atoms with Gasteiger partial charge in [0.25, 0.3) is 0 Å². The van der Waals surface area contributed by atoms with Crippen molar-refractivity contribution in [2.75, 3.05) is 31.3 Å². The molecule has 0 aliphatic rings. The highest BCUT2D eigenvalue weighted by Crippen LogP contribution is 2.33. The Morgan fingerprint density at radius 1 is 1.00 bits per heavy atom. The van der Waals surface area contributed by atoms with E-state index in [-0.39, 0.29) is 29.9 Å². The Morgan fingerprint density at radius 2 is 1.65 bits per heavy atom. The summed E-state index contributed by atoms with van der Waals surface area (Å²) in [6, 6.07) is 11.5. The number of carbonyl (C=O) groups is 2. The van der Waals surface area contributed by atoms with Crippen molar-refractivity contribution in [3.8, 4) is 11.5 Å². The van der Waals surface area contributed by atoms with E-state index in [4.69, 9.17) is 9.47 Å². The first-order valence-corrected chi connectivity index (χ1v) is 14.1. The Bertz CT molecular complexity index is 1170. The zero-order valence-corrected chi connectivity index (χ0v) is 23.6. The number of hydrogen-bond donors (Lipinski definition) is 1. The molecule has 0 aliphatic heterocycles. The van der Waals surface area contributed by atoms with Crippen LogP contribution in [0.15, 0.2) is 42.5 Å². The van der Waals surface area contributed by atoms with Crippen LogP contribution in [0.1, 0.15) is 44.7 Å². The van der Waals surface area contributed by atoms with Gasteiger partial charge >= 0.3 is 0 Å². The maximum absolute atomic E-state index is 13.8. The van der Waals surface area contributed by atoms with E-state index >= 15 is 0 Å². The molecule has 2 unspecified atom stereocenters. The third-order valence-electron chi connectivity index (χ3n) is 6.20. The van der Waals surface area contributed by atoms with E-state index < -0.39 is 28.5 Å². The molecular weight excluding hydrogens is 494 g/mol. The van der Waals surface area contributed by atoms with E-state index in [9.17, 15) is 18.0 Å². The molecule has 0 spiro atoms. The number of nitrogens with zero attached hydrogens (tertiary/aromatic N) is 2. The fourth-order valence-electron chi connectivity index (χ4n) is 3.84. The molecule has 2 amide bonds. The van der Waals surface area contributed by atoms with Crippen molar-refractivity contribution in [3.63, 3.8) is 0 Å². The normalized spacial score (nSPS) is 12.8. The highest BCUT2D eigenvalue weighted by atomic mass is 32.2. The van der Waals surface area contributed by atoms with Gasteiger partial charge < -0.3 is 19.7 Å². The lowest BCUT2D eigenvalue weighted by atomic mass is 10.1. The van der Waals surface area contributed by atoms with Crippen LogP contribution in [-0.2, 0) is 26.2 Å². The van der Waals surface area contributed by atoms with E-state index in [0.717, 1.165) is 28.1 Å². The van der Waals surface area contributed by atoms with Crippen molar-refractivity contribution < 1.29 is 27.5 Å². The predicted octanol–water partition coefficient (Wildman–Crippen LogP) is 3.50. The largest absolute Gasteiger partial charge is 0.497 e. The molecular formula is C27H39N3O6S. The lowest BCUT2D eigenvalue weighted by Crippen LogP contribution is -2.53. The number of methoxy groups -OCH3 is 2. The average Bonchev–Trinajstić information content (AvgIpc) is 2.86. The fourth-order valence-corrected chi connectivity index (χ4v) is 4.69. The van der Waals surface area contributed by atoms with Crippen LogP contribution in [0.3, 0.4) is 0 Å². The van der Waals surface area contributed by atoms with Crippen LogP contribution in [-0.4, -0.2) is 64.2 Å². The summed E-state index contributed by atoms with van der Waals surface area (Å²) in [6.07, 6.45) is 2.14. The number of anilines is 1. The lowest BCUT2D eigenvalue weighted by Gasteiger charge is -2.33. The number of benzene rings is 2. The first-order valence-electron chi connectivity index (χ1n) is 12.3.